The number of nitrogens with zero attached hydrogens (tertiary/aromatic N) is 1. The number of hydrogen-bond donors (Lipinski definition) is 1. The van der Waals surface area contributed by atoms with Crippen LogP contribution in [0.15, 0.2) is 57.3 Å². The molecule has 1 aliphatic rings. The summed E-state index contributed by atoms with van der Waals surface area (Å²) in [5.74, 6) is -1.13. The molecular weight excluding hydrogens is 425 g/mol. The zero-order chi connectivity index (χ0) is 21.0. The summed E-state index contributed by atoms with van der Waals surface area (Å²) in [7, 11) is -3.83. The first kappa shape index (κ1) is 20.1. The van der Waals surface area contributed by atoms with Gasteiger partial charge in [-0.2, -0.15) is 13.2 Å². The number of hydrogen-bond acceptors (Lipinski definition) is 5. The van der Waals surface area contributed by atoms with Gasteiger partial charge in [0.2, 0.25) is 15.8 Å². The van der Waals surface area contributed by atoms with Crippen LogP contribution >= 0.6 is 11.3 Å². The van der Waals surface area contributed by atoms with Crippen molar-refractivity contribution in [2.24, 2.45) is 5.92 Å². The second-order valence-corrected chi connectivity index (χ2v) is 10.3. The fourth-order valence-corrected chi connectivity index (χ4v) is 6.23. The molecule has 5 nitrogen and oxygen atoms in total. The molecule has 0 radical (unpaired) electrons. The maximum Gasteiger partial charge on any atom is 0.452 e. The van der Waals surface area contributed by atoms with E-state index >= 15 is 0 Å². The molecule has 154 valence electrons. The van der Waals surface area contributed by atoms with Gasteiger partial charge in [0.1, 0.15) is 9.90 Å². The number of aromatic nitrogens is 1. The number of halogens is 3. The Kier molecular flexibility index (Phi) is 4.63. The van der Waals surface area contributed by atoms with Gasteiger partial charge in [-0.1, -0.05) is 49.3 Å². The van der Waals surface area contributed by atoms with E-state index in [2.05, 4.69) is 14.4 Å². The highest BCUT2D eigenvalue weighted by atomic mass is 32.2. The molecule has 0 spiro atoms. The van der Waals surface area contributed by atoms with E-state index in [1.165, 1.54) is 12.1 Å². The molecule has 2 heterocycles. The number of thiophene rings is 1. The third kappa shape index (κ3) is 3.49. The number of benzene rings is 1. The molecule has 0 bridgehead atoms. The molecule has 29 heavy (non-hydrogen) atoms. The van der Waals surface area contributed by atoms with Crippen molar-refractivity contribution < 1.29 is 26.1 Å². The summed E-state index contributed by atoms with van der Waals surface area (Å²) >= 11 is 0.844. The fourth-order valence-electron chi connectivity index (χ4n) is 3.54. The minimum absolute atomic E-state index is 0.0126. The minimum Gasteiger partial charge on any atom is -0.351 e. The highest BCUT2D eigenvalue weighted by molar-refractivity contribution is 7.91. The molecule has 2 aromatic heterocycles. The second kappa shape index (κ2) is 6.68. The summed E-state index contributed by atoms with van der Waals surface area (Å²) in [4.78, 5) is 0.277. The van der Waals surface area contributed by atoms with Crippen molar-refractivity contribution in [1.29, 1.82) is 0 Å². The number of alkyl halides is 3. The maximum atomic E-state index is 12.8. The number of rotatable bonds is 5. The smallest absolute Gasteiger partial charge is 0.351 e. The molecule has 10 heteroatoms. The molecule has 0 unspecified atom stereocenters. The molecule has 1 aliphatic carbocycles. The molecule has 1 saturated carbocycles. The Labute approximate surface area is 169 Å². The molecule has 4 rings (SSSR count). The monoisotopic (exact) mass is 442 g/mol. The van der Waals surface area contributed by atoms with Gasteiger partial charge in [0.15, 0.2) is 0 Å². The fraction of sp³-hybridized carbons (Fsp3) is 0.316. The lowest BCUT2D eigenvalue weighted by molar-refractivity contribution is -0.155. The molecular formula is C19H17F3N2O3S2. The lowest BCUT2D eigenvalue weighted by atomic mass is 9.95. The van der Waals surface area contributed by atoms with Crippen LogP contribution in [0, 0.1) is 5.92 Å². The van der Waals surface area contributed by atoms with Gasteiger partial charge in [-0.15, -0.1) is 11.3 Å². The number of sulfonamides is 1. The zero-order valence-corrected chi connectivity index (χ0v) is 17.0. The van der Waals surface area contributed by atoms with Crippen LogP contribution in [0.2, 0.25) is 0 Å². The first-order valence-electron chi connectivity index (χ1n) is 8.75. The molecule has 3 aromatic rings. The van der Waals surface area contributed by atoms with Gasteiger partial charge in [0, 0.05) is 17.5 Å². The van der Waals surface area contributed by atoms with Crippen LogP contribution in [0.3, 0.4) is 0 Å². The van der Waals surface area contributed by atoms with Crippen LogP contribution in [0.4, 0.5) is 13.2 Å². The predicted octanol–water partition coefficient (Wildman–Crippen LogP) is 4.68. The van der Waals surface area contributed by atoms with Crippen molar-refractivity contribution in [2.75, 3.05) is 0 Å². The van der Waals surface area contributed by atoms with Gasteiger partial charge >= 0.3 is 6.18 Å². The Bertz CT molecular complexity index is 1140. The molecule has 0 amide bonds. The topological polar surface area (TPSA) is 72.2 Å². The average Bonchev–Trinajstić information content (AvgIpc) is 3.17. The maximum absolute atomic E-state index is 12.8. The molecule has 1 N–H and O–H groups in total. The first-order valence-corrected chi connectivity index (χ1v) is 11.1. The van der Waals surface area contributed by atoms with Crippen molar-refractivity contribution in [1.82, 2.24) is 9.88 Å². The minimum atomic E-state index is -4.65. The van der Waals surface area contributed by atoms with Crippen LogP contribution in [0.5, 0.6) is 0 Å². The van der Waals surface area contributed by atoms with Crippen LogP contribution in [-0.2, 0) is 21.6 Å². The summed E-state index contributed by atoms with van der Waals surface area (Å²) in [6.45, 7) is 3.99. The van der Waals surface area contributed by atoms with E-state index in [0.29, 0.717) is 0 Å². The summed E-state index contributed by atoms with van der Waals surface area (Å²) in [5.41, 5.74) is 0.675. The van der Waals surface area contributed by atoms with Crippen LogP contribution < -0.4 is 4.72 Å². The van der Waals surface area contributed by atoms with Gasteiger partial charge in [0.05, 0.1) is 4.88 Å². The average molecular weight is 442 g/mol. The van der Waals surface area contributed by atoms with E-state index in [4.69, 9.17) is 0 Å². The summed E-state index contributed by atoms with van der Waals surface area (Å²) in [5, 5.41) is 3.40. The highest BCUT2D eigenvalue weighted by Crippen LogP contribution is 2.54. The molecule has 0 aliphatic heterocycles. The lowest BCUT2D eigenvalue weighted by Gasteiger charge is -2.12. The summed E-state index contributed by atoms with van der Waals surface area (Å²) in [6.07, 6.45) is -4.65. The summed E-state index contributed by atoms with van der Waals surface area (Å²) < 4.78 is 70.7. The standard InChI is InChI=1S/C19H17F3N2O3S2/c1-11-17(18(11,2)12-6-4-3-5-7-12)24-29(25,26)16-9-8-14(28-16)13-10-15(27-23-13)19(20,21)22/h3-11,17,24H,1-2H3/t11-,17-,18+/m0/s1. The first-order chi connectivity index (χ1) is 13.5. The van der Waals surface area contributed by atoms with E-state index < -0.39 is 22.0 Å². The van der Waals surface area contributed by atoms with Gasteiger partial charge < -0.3 is 4.52 Å². The van der Waals surface area contributed by atoms with Crippen molar-refractivity contribution >= 4 is 21.4 Å². The van der Waals surface area contributed by atoms with E-state index in [-0.39, 0.29) is 32.2 Å². The largest absolute Gasteiger partial charge is 0.452 e. The normalized spacial score (nSPS) is 24.6. The van der Waals surface area contributed by atoms with Gasteiger partial charge in [-0.25, -0.2) is 13.1 Å². The molecule has 1 fully saturated rings. The van der Waals surface area contributed by atoms with Gasteiger partial charge in [0.25, 0.3) is 0 Å². The van der Waals surface area contributed by atoms with E-state index in [1.807, 2.05) is 44.2 Å². The quantitative estimate of drug-likeness (QED) is 0.623. The van der Waals surface area contributed by atoms with E-state index in [0.717, 1.165) is 23.0 Å². The lowest BCUT2D eigenvalue weighted by Crippen LogP contribution is -2.30. The SMILES string of the molecule is C[C@H]1[C@H](NS(=O)(=O)c2ccc(-c3cc(C(F)(F)F)on3)s2)[C@@]1(C)c1ccccc1. The Balaban J connectivity index is 1.54. The van der Waals surface area contributed by atoms with E-state index in [9.17, 15) is 21.6 Å². The van der Waals surface area contributed by atoms with Gasteiger partial charge in [-0.05, 0) is 23.6 Å². The Morgan fingerprint density at radius 1 is 1.17 bits per heavy atom. The van der Waals surface area contributed by atoms with Crippen molar-refractivity contribution in [3.63, 3.8) is 0 Å². The Morgan fingerprint density at radius 3 is 2.48 bits per heavy atom. The summed E-state index contributed by atoms with van der Waals surface area (Å²) in [6, 6.07) is 12.9. The predicted molar refractivity (Wildman–Crippen MR) is 102 cm³/mol. The Hall–Kier alpha value is -2.17. The second-order valence-electron chi connectivity index (χ2n) is 7.23. The van der Waals surface area contributed by atoms with Crippen LogP contribution in [0.1, 0.15) is 25.2 Å². The third-order valence-electron chi connectivity index (χ3n) is 5.55. The highest BCUT2D eigenvalue weighted by Gasteiger charge is 2.60. The Morgan fingerprint density at radius 2 is 1.86 bits per heavy atom. The van der Waals surface area contributed by atoms with Crippen molar-refractivity contribution in [2.45, 2.75) is 35.7 Å². The van der Waals surface area contributed by atoms with Crippen molar-refractivity contribution in [3.8, 4) is 10.6 Å². The van der Waals surface area contributed by atoms with E-state index in [1.54, 1.807) is 0 Å². The van der Waals surface area contributed by atoms with Crippen LogP contribution in [0.25, 0.3) is 10.6 Å². The molecule has 1 aromatic carbocycles. The number of nitrogens with one attached hydrogen (secondary N) is 1. The van der Waals surface area contributed by atoms with Gasteiger partial charge in [-0.3, -0.25) is 0 Å². The molecule has 0 saturated heterocycles. The van der Waals surface area contributed by atoms with Crippen LogP contribution in [-0.4, -0.2) is 19.6 Å². The third-order valence-corrected chi connectivity index (χ3v) is 8.59. The van der Waals surface area contributed by atoms with Crippen molar-refractivity contribution in [3.05, 3.63) is 59.9 Å². The zero-order valence-electron chi connectivity index (χ0n) is 15.4. The molecule has 3 atom stereocenters.